The molecule has 1 unspecified atom stereocenters. The van der Waals surface area contributed by atoms with E-state index in [-0.39, 0.29) is 12.4 Å². The van der Waals surface area contributed by atoms with Crippen LogP contribution in [-0.4, -0.2) is 47.4 Å². The van der Waals surface area contributed by atoms with Gasteiger partial charge in [-0.2, -0.15) is 0 Å². The number of nitrogens with zero attached hydrogens (tertiary/aromatic N) is 1. The Hall–Kier alpha value is -1.66. The molecule has 0 spiro atoms. The lowest BCUT2D eigenvalue weighted by molar-refractivity contribution is 0.0164. The minimum atomic E-state index is -0.625. The van der Waals surface area contributed by atoms with Crippen molar-refractivity contribution in [3.05, 3.63) is 35.6 Å². The molecule has 23 heavy (non-hydrogen) atoms. The number of aliphatic hydroxyl groups excluding tert-OH is 1. The first-order valence-electron chi connectivity index (χ1n) is 7.78. The van der Waals surface area contributed by atoms with Crippen molar-refractivity contribution in [2.45, 2.75) is 45.9 Å². The molecule has 0 radical (unpaired) electrons. The molecule has 5 nitrogen and oxygen atoms in total. The maximum atomic E-state index is 12.8. The van der Waals surface area contributed by atoms with Crippen LogP contribution in [0.1, 0.15) is 33.3 Å². The van der Waals surface area contributed by atoms with Gasteiger partial charge < -0.3 is 20.1 Å². The minimum Gasteiger partial charge on any atom is -0.444 e. The maximum Gasteiger partial charge on any atom is 0.410 e. The van der Waals surface area contributed by atoms with Gasteiger partial charge in [-0.15, -0.1) is 0 Å². The van der Waals surface area contributed by atoms with Crippen LogP contribution in [0.25, 0.3) is 0 Å². The second-order valence-electron chi connectivity index (χ2n) is 6.58. The summed E-state index contributed by atoms with van der Waals surface area (Å²) in [5, 5.41) is 12.7. The van der Waals surface area contributed by atoms with E-state index in [1.54, 1.807) is 39.8 Å². The third kappa shape index (κ3) is 8.52. The topological polar surface area (TPSA) is 61.8 Å². The standard InChI is InChI=1S/C17H27FN2O3/c1-13(21)12-20(16(22)23-17(2,3)4)10-9-19-11-14-5-7-15(18)8-6-14/h5-8,13,19,21H,9-12H2,1-4H3. The average Bonchev–Trinajstić information content (AvgIpc) is 2.41. The summed E-state index contributed by atoms with van der Waals surface area (Å²) in [7, 11) is 0. The number of benzene rings is 1. The van der Waals surface area contributed by atoms with Crippen LogP contribution in [-0.2, 0) is 11.3 Å². The van der Waals surface area contributed by atoms with E-state index in [2.05, 4.69) is 5.32 Å². The van der Waals surface area contributed by atoms with Crippen molar-refractivity contribution in [1.82, 2.24) is 10.2 Å². The van der Waals surface area contributed by atoms with Crippen LogP contribution in [0.2, 0.25) is 0 Å². The molecule has 1 rings (SSSR count). The molecule has 0 saturated carbocycles. The van der Waals surface area contributed by atoms with Crippen molar-refractivity contribution in [1.29, 1.82) is 0 Å². The second kappa shape index (κ2) is 8.84. The van der Waals surface area contributed by atoms with Crippen molar-refractivity contribution in [2.75, 3.05) is 19.6 Å². The molecular weight excluding hydrogens is 299 g/mol. The lowest BCUT2D eigenvalue weighted by atomic mass is 10.2. The number of hydrogen-bond acceptors (Lipinski definition) is 4. The number of aliphatic hydroxyl groups is 1. The SMILES string of the molecule is CC(O)CN(CCNCc1ccc(F)cc1)C(=O)OC(C)(C)C. The summed E-state index contributed by atoms with van der Waals surface area (Å²) in [5.74, 6) is -0.262. The van der Waals surface area contributed by atoms with Crippen LogP contribution in [0.15, 0.2) is 24.3 Å². The predicted octanol–water partition coefficient (Wildman–Crippen LogP) is 2.53. The Balaban J connectivity index is 2.44. The number of halogens is 1. The summed E-state index contributed by atoms with van der Waals surface area (Å²) in [6, 6.07) is 6.25. The highest BCUT2D eigenvalue weighted by Gasteiger charge is 2.22. The van der Waals surface area contributed by atoms with Gasteiger partial charge in [-0.25, -0.2) is 9.18 Å². The zero-order chi connectivity index (χ0) is 17.5. The van der Waals surface area contributed by atoms with Crippen LogP contribution >= 0.6 is 0 Å². The van der Waals surface area contributed by atoms with Crippen LogP contribution in [0.5, 0.6) is 0 Å². The Bertz CT molecular complexity index is 484. The van der Waals surface area contributed by atoms with Gasteiger partial charge in [0.25, 0.3) is 0 Å². The molecule has 130 valence electrons. The first-order chi connectivity index (χ1) is 10.7. The Morgan fingerprint density at radius 2 is 1.96 bits per heavy atom. The molecule has 2 N–H and O–H groups in total. The van der Waals surface area contributed by atoms with Gasteiger partial charge in [0, 0.05) is 26.2 Å². The first-order valence-corrected chi connectivity index (χ1v) is 7.78. The van der Waals surface area contributed by atoms with Gasteiger partial charge >= 0.3 is 6.09 Å². The summed E-state index contributed by atoms with van der Waals surface area (Å²) in [4.78, 5) is 13.6. The number of amides is 1. The molecule has 0 aliphatic rings. The van der Waals surface area contributed by atoms with E-state index in [0.29, 0.717) is 19.6 Å². The fourth-order valence-electron chi connectivity index (χ4n) is 1.95. The van der Waals surface area contributed by atoms with Gasteiger partial charge in [0.05, 0.1) is 6.10 Å². The number of hydrogen-bond donors (Lipinski definition) is 2. The first kappa shape index (κ1) is 19.4. The average molecular weight is 326 g/mol. The van der Waals surface area contributed by atoms with Gasteiger partial charge in [-0.1, -0.05) is 12.1 Å². The van der Waals surface area contributed by atoms with E-state index >= 15 is 0 Å². The molecule has 6 heteroatoms. The van der Waals surface area contributed by atoms with Crippen LogP contribution in [0, 0.1) is 5.82 Å². The zero-order valence-corrected chi connectivity index (χ0v) is 14.3. The Morgan fingerprint density at radius 1 is 1.35 bits per heavy atom. The number of ether oxygens (including phenoxy) is 1. The Morgan fingerprint density at radius 3 is 2.48 bits per heavy atom. The quantitative estimate of drug-likeness (QED) is 0.756. The molecule has 0 fully saturated rings. The molecular formula is C17H27FN2O3. The zero-order valence-electron chi connectivity index (χ0n) is 14.3. The third-order valence-electron chi connectivity index (χ3n) is 2.94. The van der Waals surface area contributed by atoms with Crippen LogP contribution in [0.4, 0.5) is 9.18 Å². The lowest BCUT2D eigenvalue weighted by Crippen LogP contribution is -2.43. The number of nitrogens with one attached hydrogen (secondary N) is 1. The van der Waals surface area contributed by atoms with Crippen LogP contribution in [0.3, 0.4) is 0 Å². The van der Waals surface area contributed by atoms with E-state index in [1.165, 1.54) is 17.0 Å². The van der Waals surface area contributed by atoms with Crippen LogP contribution < -0.4 is 5.32 Å². The van der Waals surface area contributed by atoms with Crippen molar-refractivity contribution < 1.29 is 19.0 Å². The van der Waals surface area contributed by atoms with E-state index in [9.17, 15) is 14.3 Å². The van der Waals surface area contributed by atoms with E-state index in [1.807, 2.05) is 0 Å². The van der Waals surface area contributed by atoms with Gasteiger partial charge in [0.15, 0.2) is 0 Å². The summed E-state index contributed by atoms with van der Waals surface area (Å²) in [6.07, 6.45) is -1.07. The largest absolute Gasteiger partial charge is 0.444 e. The summed E-state index contributed by atoms with van der Waals surface area (Å²) in [5.41, 5.74) is 0.390. The van der Waals surface area contributed by atoms with Crippen molar-refractivity contribution in [2.24, 2.45) is 0 Å². The molecule has 0 aliphatic carbocycles. The molecule has 0 bridgehead atoms. The summed E-state index contributed by atoms with van der Waals surface area (Å²) in [6.45, 7) is 8.80. The van der Waals surface area contributed by atoms with Crippen molar-refractivity contribution in [3.63, 3.8) is 0 Å². The van der Waals surface area contributed by atoms with Gasteiger partial charge in [-0.3, -0.25) is 0 Å². The Labute approximate surface area is 137 Å². The second-order valence-corrected chi connectivity index (χ2v) is 6.58. The maximum absolute atomic E-state index is 12.8. The summed E-state index contributed by atoms with van der Waals surface area (Å²) >= 11 is 0. The fourth-order valence-corrected chi connectivity index (χ4v) is 1.95. The Kier molecular flexibility index (Phi) is 7.45. The van der Waals surface area contributed by atoms with Gasteiger partial charge in [0.1, 0.15) is 11.4 Å². The highest BCUT2D eigenvalue weighted by molar-refractivity contribution is 5.68. The number of carbonyl (C=O) groups excluding carboxylic acids is 1. The minimum absolute atomic E-state index is 0.215. The lowest BCUT2D eigenvalue weighted by Gasteiger charge is -2.28. The molecule has 0 aliphatic heterocycles. The number of rotatable bonds is 7. The highest BCUT2D eigenvalue weighted by Crippen LogP contribution is 2.10. The fraction of sp³-hybridized carbons (Fsp3) is 0.588. The van der Waals surface area contributed by atoms with E-state index in [0.717, 1.165) is 5.56 Å². The van der Waals surface area contributed by atoms with Gasteiger partial charge in [-0.05, 0) is 45.4 Å². The number of carbonyl (C=O) groups is 1. The molecule has 1 aromatic rings. The molecule has 1 amide bonds. The highest BCUT2D eigenvalue weighted by atomic mass is 19.1. The van der Waals surface area contributed by atoms with Crippen molar-refractivity contribution in [3.8, 4) is 0 Å². The molecule has 1 aromatic carbocycles. The van der Waals surface area contributed by atoms with Crippen molar-refractivity contribution >= 4 is 6.09 Å². The smallest absolute Gasteiger partial charge is 0.410 e. The third-order valence-corrected chi connectivity index (χ3v) is 2.94. The van der Waals surface area contributed by atoms with E-state index in [4.69, 9.17) is 4.74 Å². The molecule has 0 heterocycles. The monoisotopic (exact) mass is 326 g/mol. The summed E-state index contributed by atoms with van der Waals surface area (Å²) < 4.78 is 18.2. The normalized spacial score (nSPS) is 12.8. The molecule has 0 saturated heterocycles. The van der Waals surface area contributed by atoms with E-state index < -0.39 is 17.8 Å². The molecule has 0 aromatic heterocycles. The molecule has 1 atom stereocenters. The predicted molar refractivity (Wildman–Crippen MR) is 87.6 cm³/mol. The van der Waals surface area contributed by atoms with Gasteiger partial charge in [0.2, 0.25) is 0 Å².